The quantitative estimate of drug-likeness (QED) is 0.641. The van der Waals surface area contributed by atoms with E-state index >= 15 is 4.39 Å². The van der Waals surface area contributed by atoms with Crippen LogP contribution in [0.25, 0.3) is 0 Å². The van der Waals surface area contributed by atoms with Crippen LogP contribution in [0.5, 0.6) is 0 Å². The molecule has 4 heterocycles. The Hall–Kier alpha value is -3.07. The van der Waals surface area contributed by atoms with Crippen LogP contribution >= 0.6 is 0 Å². The highest BCUT2D eigenvalue weighted by Gasteiger charge is 2.40. The van der Waals surface area contributed by atoms with E-state index in [1.165, 1.54) is 16.5 Å². The molecule has 8 nitrogen and oxygen atoms in total. The molecule has 1 aromatic heterocycles. The van der Waals surface area contributed by atoms with E-state index in [4.69, 9.17) is 0 Å². The van der Waals surface area contributed by atoms with Gasteiger partial charge >= 0.3 is 0 Å². The smallest absolute Gasteiger partial charge is 0.255 e. The molecular formula is C26H32FN5O3. The van der Waals surface area contributed by atoms with Gasteiger partial charge in [0, 0.05) is 43.4 Å². The van der Waals surface area contributed by atoms with Crippen molar-refractivity contribution in [2.75, 3.05) is 13.1 Å². The maximum absolute atomic E-state index is 15.1. The third-order valence-corrected chi connectivity index (χ3v) is 7.31. The second-order valence-electron chi connectivity index (χ2n) is 10.4. The van der Waals surface area contributed by atoms with Gasteiger partial charge in [-0.2, -0.15) is 5.10 Å². The number of rotatable bonds is 6. The summed E-state index contributed by atoms with van der Waals surface area (Å²) in [6.45, 7) is 8.11. The zero-order valence-electron chi connectivity index (χ0n) is 20.3. The molecule has 9 heteroatoms. The summed E-state index contributed by atoms with van der Waals surface area (Å²) in [5.41, 5.74) is 2.94. The van der Waals surface area contributed by atoms with E-state index in [2.05, 4.69) is 35.4 Å². The third-order valence-electron chi connectivity index (χ3n) is 7.31. The molecule has 0 spiro atoms. The van der Waals surface area contributed by atoms with Crippen LogP contribution < -0.4 is 5.32 Å². The zero-order chi connectivity index (χ0) is 24.7. The van der Waals surface area contributed by atoms with Gasteiger partial charge in [-0.05, 0) is 61.4 Å². The van der Waals surface area contributed by atoms with Crippen molar-refractivity contribution in [1.82, 2.24) is 24.9 Å². The van der Waals surface area contributed by atoms with Gasteiger partial charge in [-0.1, -0.05) is 19.9 Å². The van der Waals surface area contributed by atoms with Gasteiger partial charge in [-0.25, -0.2) is 4.39 Å². The van der Waals surface area contributed by atoms with E-state index in [9.17, 15) is 14.4 Å². The highest BCUT2D eigenvalue weighted by atomic mass is 19.1. The number of likely N-dealkylation sites (tertiary alicyclic amines) is 1. The Morgan fingerprint density at radius 3 is 2.63 bits per heavy atom. The minimum absolute atomic E-state index is 0.0972. The Bertz CT molecular complexity index is 1150. The molecule has 0 radical (unpaired) electrons. The molecule has 1 atom stereocenters. The minimum atomic E-state index is -0.688. The van der Waals surface area contributed by atoms with Crippen molar-refractivity contribution in [1.29, 1.82) is 0 Å². The Morgan fingerprint density at radius 2 is 1.91 bits per heavy atom. The average Bonchev–Trinajstić information content (AvgIpc) is 3.37. The molecule has 0 aliphatic carbocycles. The number of amides is 3. The van der Waals surface area contributed by atoms with Crippen LogP contribution in [0.3, 0.4) is 0 Å². The summed E-state index contributed by atoms with van der Waals surface area (Å²) in [5.74, 6) is -0.819. The van der Waals surface area contributed by atoms with Gasteiger partial charge in [-0.15, -0.1) is 0 Å². The molecule has 3 aliphatic rings. The summed E-state index contributed by atoms with van der Waals surface area (Å²) in [6, 6.07) is 2.48. The summed E-state index contributed by atoms with van der Waals surface area (Å²) >= 11 is 0. The molecule has 3 aliphatic heterocycles. The number of aromatic nitrogens is 2. The lowest BCUT2D eigenvalue weighted by molar-refractivity contribution is -0.136. The van der Waals surface area contributed by atoms with Crippen LogP contribution in [0.1, 0.15) is 72.5 Å². The van der Waals surface area contributed by atoms with E-state index in [-0.39, 0.29) is 36.5 Å². The van der Waals surface area contributed by atoms with Gasteiger partial charge in [0.25, 0.3) is 5.91 Å². The molecular weight excluding hydrogens is 449 g/mol. The number of carbonyl (C=O) groups excluding carboxylic acids is 3. The second kappa shape index (κ2) is 9.53. The highest BCUT2D eigenvalue weighted by molar-refractivity contribution is 6.05. The predicted octanol–water partition coefficient (Wildman–Crippen LogP) is 2.82. The number of imide groups is 1. The SMILES string of the molecule is CC(C)Cn1cc(CN2CCC(c3cc4c(cc3F)C(=O)N(C3CCC(=O)NC3=O)C4)CC2)cn1. The molecule has 2 fully saturated rings. The van der Waals surface area contributed by atoms with Crippen molar-refractivity contribution >= 4 is 17.7 Å². The maximum atomic E-state index is 15.1. The molecule has 1 unspecified atom stereocenters. The van der Waals surface area contributed by atoms with Crippen LogP contribution in [-0.2, 0) is 29.2 Å². The molecule has 186 valence electrons. The normalized spacial score (nSPS) is 21.7. The van der Waals surface area contributed by atoms with Gasteiger partial charge in [0.05, 0.1) is 6.20 Å². The molecule has 35 heavy (non-hydrogen) atoms. The minimum Gasteiger partial charge on any atom is -0.322 e. The van der Waals surface area contributed by atoms with E-state index < -0.39 is 11.9 Å². The van der Waals surface area contributed by atoms with Crippen molar-refractivity contribution < 1.29 is 18.8 Å². The van der Waals surface area contributed by atoms with Crippen LogP contribution in [-0.4, -0.2) is 56.4 Å². The number of carbonyl (C=O) groups is 3. The molecule has 5 rings (SSSR count). The topological polar surface area (TPSA) is 87.5 Å². The molecule has 0 saturated carbocycles. The van der Waals surface area contributed by atoms with Gasteiger partial charge < -0.3 is 4.90 Å². The molecule has 1 aromatic carbocycles. The van der Waals surface area contributed by atoms with Gasteiger partial charge in [0.15, 0.2) is 0 Å². The Kier molecular flexibility index (Phi) is 6.44. The number of hydrogen-bond donors (Lipinski definition) is 1. The predicted molar refractivity (Wildman–Crippen MR) is 127 cm³/mol. The molecule has 3 amide bonds. The van der Waals surface area contributed by atoms with Crippen LogP contribution in [0.4, 0.5) is 4.39 Å². The number of piperidine rings is 2. The number of benzene rings is 1. The van der Waals surface area contributed by atoms with E-state index in [1.54, 1.807) is 0 Å². The van der Waals surface area contributed by atoms with E-state index in [1.807, 2.05) is 16.9 Å². The maximum Gasteiger partial charge on any atom is 0.255 e. The standard InChI is InChI=1S/C26H32FN5O3/c1-16(2)12-31-14-17(11-28-31)13-30-7-5-18(6-8-30)20-9-19-15-32(26(35)21(19)10-22(20)27)23-3-4-24(33)29-25(23)34/h9-11,14,16,18,23H,3-8,12-13,15H2,1-2H3,(H,29,33,34). The lowest BCUT2D eigenvalue weighted by Gasteiger charge is -2.32. The zero-order valence-corrected chi connectivity index (χ0v) is 20.3. The van der Waals surface area contributed by atoms with E-state index in [0.717, 1.165) is 44.6 Å². The fourth-order valence-corrected chi connectivity index (χ4v) is 5.54. The Balaban J connectivity index is 1.22. The first-order valence-corrected chi connectivity index (χ1v) is 12.5. The van der Waals surface area contributed by atoms with Crippen LogP contribution in [0.15, 0.2) is 24.5 Å². The fraction of sp³-hybridized carbons (Fsp3) is 0.538. The number of nitrogens with one attached hydrogen (secondary N) is 1. The van der Waals surface area contributed by atoms with Crippen molar-refractivity contribution in [3.8, 4) is 0 Å². The average molecular weight is 482 g/mol. The van der Waals surface area contributed by atoms with E-state index in [0.29, 0.717) is 23.5 Å². The summed E-state index contributed by atoms with van der Waals surface area (Å²) < 4.78 is 17.1. The Labute approximate surface area is 204 Å². The Morgan fingerprint density at radius 1 is 1.14 bits per heavy atom. The first kappa shape index (κ1) is 23.7. The second-order valence-corrected chi connectivity index (χ2v) is 10.4. The van der Waals surface area contributed by atoms with Gasteiger partial charge in [-0.3, -0.25) is 29.3 Å². The first-order valence-electron chi connectivity index (χ1n) is 12.5. The van der Waals surface area contributed by atoms with Crippen LogP contribution in [0.2, 0.25) is 0 Å². The highest BCUT2D eigenvalue weighted by Crippen LogP contribution is 2.35. The summed E-state index contributed by atoms with van der Waals surface area (Å²) in [7, 11) is 0. The van der Waals surface area contributed by atoms with Crippen molar-refractivity contribution in [2.24, 2.45) is 5.92 Å². The van der Waals surface area contributed by atoms with Crippen molar-refractivity contribution in [2.45, 2.75) is 71.1 Å². The number of nitrogens with zero attached hydrogens (tertiary/aromatic N) is 4. The lowest BCUT2D eigenvalue weighted by Crippen LogP contribution is -2.52. The number of halogens is 1. The van der Waals surface area contributed by atoms with Crippen molar-refractivity contribution in [3.05, 3.63) is 52.6 Å². The summed E-state index contributed by atoms with van der Waals surface area (Å²) in [6.07, 6.45) is 6.24. The third kappa shape index (κ3) is 4.87. The monoisotopic (exact) mass is 481 g/mol. The number of hydrogen-bond acceptors (Lipinski definition) is 5. The van der Waals surface area contributed by atoms with Crippen molar-refractivity contribution in [3.63, 3.8) is 0 Å². The first-order chi connectivity index (χ1) is 16.8. The lowest BCUT2D eigenvalue weighted by atomic mass is 9.87. The summed E-state index contributed by atoms with van der Waals surface area (Å²) in [4.78, 5) is 40.5. The summed E-state index contributed by atoms with van der Waals surface area (Å²) in [5, 5.41) is 6.75. The van der Waals surface area contributed by atoms with Crippen LogP contribution in [0, 0.1) is 11.7 Å². The molecule has 2 aromatic rings. The molecule has 0 bridgehead atoms. The largest absolute Gasteiger partial charge is 0.322 e. The van der Waals surface area contributed by atoms with Gasteiger partial charge in [0.2, 0.25) is 11.8 Å². The van der Waals surface area contributed by atoms with Gasteiger partial charge in [0.1, 0.15) is 11.9 Å². The molecule has 2 saturated heterocycles. The fourth-order valence-electron chi connectivity index (χ4n) is 5.54. The molecule has 1 N–H and O–H groups in total. The number of fused-ring (bicyclic) bond motifs is 1.